The van der Waals surface area contributed by atoms with Crippen molar-refractivity contribution < 1.29 is 0 Å². The highest BCUT2D eigenvalue weighted by atomic mass is 15.2. The SMILES string of the molecule is CCNC(=NCc1ccccn1)NCCNc1ccc2ccccc2n1. The molecule has 3 N–H and O–H groups in total. The summed E-state index contributed by atoms with van der Waals surface area (Å²) in [4.78, 5) is 13.5. The Morgan fingerprint density at radius 1 is 0.962 bits per heavy atom. The number of benzene rings is 1. The Bertz CT molecular complexity index is 847. The lowest BCUT2D eigenvalue weighted by atomic mass is 10.2. The average Bonchev–Trinajstić information content (AvgIpc) is 2.70. The zero-order valence-electron chi connectivity index (χ0n) is 14.9. The number of hydrogen-bond donors (Lipinski definition) is 3. The van der Waals surface area contributed by atoms with Gasteiger partial charge in [-0.05, 0) is 37.3 Å². The first-order valence-corrected chi connectivity index (χ1v) is 8.87. The molecule has 2 heterocycles. The number of aromatic nitrogens is 2. The zero-order chi connectivity index (χ0) is 18.0. The van der Waals surface area contributed by atoms with Crippen LogP contribution in [0.3, 0.4) is 0 Å². The highest BCUT2D eigenvalue weighted by Crippen LogP contribution is 2.14. The number of guanidine groups is 1. The molecular weight excluding hydrogens is 324 g/mol. The second-order valence-corrected chi connectivity index (χ2v) is 5.76. The Morgan fingerprint density at radius 2 is 1.85 bits per heavy atom. The number of para-hydroxylation sites is 1. The van der Waals surface area contributed by atoms with Gasteiger partial charge in [0.25, 0.3) is 0 Å². The minimum atomic E-state index is 0.551. The van der Waals surface area contributed by atoms with Gasteiger partial charge in [0.15, 0.2) is 5.96 Å². The van der Waals surface area contributed by atoms with Crippen LogP contribution in [-0.4, -0.2) is 35.6 Å². The van der Waals surface area contributed by atoms with Gasteiger partial charge >= 0.3 is 0 Å². The summed E-state index contributed by atoms with van der Waals surface area (Å²) in [7, 11) is 0. The van der Waals surface area contributed by atoms with Gasteiger partial charge in [0.1, 0.15) is 5.82 Å². The van der Waals surface area contributed by atoms with E-state index in [-0.39, 0.29) is 0 Å². The monoisotopic (exact) mass is 348 g/mol. The van der Waals surface area contributed by atoms with Crippen LogP contribution in [0.2, 0.25) is 0 Å². The molecule has 0 atom stereocenters. The summed E-state index contributed by atoms with van der Waals surface area (Å²) < 4.78 is 0. The lowest BCUT2D eigenvalue weighted by Gasteiger charge is -2.12. The van der Waals surface area contributed by atoms with E-state index in [1.54, 1.807) is 6.20 Å². The van der Waals surface area contributed by atoms with Crippen LogP contribution in [0.1, 0.15) is 12.6 Å². The van der Waals surface area contributed by atoms with E-state index in [1.807, 2.05) is 42.5 Å². The van der Waals surface area contributed by atoms with Gasteiger partial charge in [-0.2, -0.15) is 0 Å². The van der Waals surface area contributed by atoms with Gasteiger partial charge in [-0.3, -0.25) is 4.98 Å². The minimum absolute atomic E-state index is 0.551. The second-order valence-electron chi connectivity index (χ2n) is 5.76. The van der Waals surface area contributed by atoms with Gasteiger partial charge in [-0.25, -0.2) is 9.98 Å². The van der Waals surface area contributed by atoms with Gasteiger partial charge in [0.05, 0.1) is 17.8 Å². The highest BCUT2D eigenvalue weighted by Gasteiger charge is 1.99. The van der Waals surface area contributed by atoms with Crippen LogP contribution in [0.15, 0.2) is 65.8 Å². The number of nitrogens with zero attached hydrogens (tertiary/aromatic N) is 3. The van der Waals surface area contributed by atoms with E-state index < -0.39 is 0 Å². The smallest absolute Gasteiger partial charge is 0.191 e. The summed E-state index contributed by atoms with van der Waals surface area (Å²) in [6.07, 6.45) is 1.78. The zero-order valence-corrected chi connectivity index (χ0v) is 14.9. The molecule has 3 aromatic rings. The van der Waals surface area contributed by atoms with Crippen molar-refractivity contribution in [3.05, 3.63) is 66.5 Å². The number of rotatable bonds is 7. The molecule has 0 fully saturated rings. The van der Waals surface area contributed by atoms with Gasteiger partial charge in [-0.15, -0.1) is 0 Å². The Balaban J connectivity index is 1.49. The minimum Gasteiger partial charge on any atom is -0.368 e. The average molecular weight is 348 g/mol. The third kappa shape index (κ3) is 5.17. The van der Waals surface area contributed by atoms with Crippen molar-refractivity contribution in [2.75, 3.05) is 25.0 Å². The number of nitrogens with one attached hydrogen (secondary N) is 3. The third-order valence-electron chi connectivity index (χ3n) is 3.79. The van der Waals surface area contributed by atoms with Crippen molar-refractivity contribution in [1.29, 1.82) is 0 Å². The molecule has 1 aromatic carbocycles. The molecule has 0 amide bonds. The fourth-order valence-electron chi connectivity index (χ4n) is 2.53. The molecule has 0 spiro atoms. The maximum Gasteiger partial charge on any atom is 0.191 e. The van der Waals surface area contributed by atoms with Crippen molar-refractivity contribution in [3.63, 3.8) is 0 Å². The van der Waals surface area contributed by atoms with Crippen LogP contribution < -0.4 is 16.0 Å². The summed E-state index contributed by atoms with van der Waals surface area (Å²) in [5.41, 5.74) is 1.94. The molecule has 0 aliphatic carbocycles. The lowest BCUT2D eigenvalue weighted by Crippen LogP contribution is -2.39. The Hall–Kier alpha value is -3.15. The second kappa shape index (κ2) is 9.36. The van der Waals surface area contributed by atoms with E-state index in [1.165, 1.54) is 0 Å². The van der Waals surface area contributed by atoms with Crippen LogP contribution >= 0.6 is 0 Å². The molecule has 134 valence electrons. The van der Waals surface area contributed by atoms with Crippen LogP contribution in [0.5, 0.6) is 0 Å². The van der Waals surface area contributed by atoms with Crippen molar-refractivity contribution in [2.45, 2.75) is 13.5 Å². The maximum absolute atomic E-state index is 4.61. The first-order chi connectivity index (χ1) is 12.8. The van der Waals surface area contributed by atoms with E-state index in [2.05, 4.69) is 50.0 Å². The number of fused-ring (bicyclic) bond motifs is 1. The first-order valence-electron chi connectivity index (χ1n) is 8.87. The summed E-state index contributed by atoms with van der Waals surface area (Å²) in [6.45, 7) is 4.90. The standard InChI is InChI=1S/C20H24N6/c1-2-21-20(25-15-17-8-5-6-12-22-17)24-14-13-23-19-11-10-16-7-3-4-9-18(16)26-19/h3-12H,2,13-15H2,1H3,(H,23,26)(H2,21,24,25). The summed E-state index contributed by atoms with van der Waals surface area (Å²) in [5, 5.41) is 11.0. The van der Waals surface area contributed by atoms with Gasteiger partial charge < -0.3 is 16.0 Å². The van der Waals surface area contributed by atoms with Crippen molar-refractivity contribution in [3.8, 4) is 0 Å². The molecule has 0 aliphatic heterocycles. The molecule has 6 heteroatoms. The Kier molecular flexibility index (Phi) is 6.36. The fourth-order valence-corrected chi connectivity index (χ4v) is 2.53. The molecule has 0 radical (unpaired) electrons. The predicted octanol–water partition coefficient (Wildman–Crippen LogP) is 2.80. The number of pyridine rings is 2. The van der Waals surface area contributed by atoms with E-state index in [9.17, 15) is 0 Å². The van der Waals surface area contributed by atoms with Gasteiger partial charge in [-0.1, -0.05) is 24.3 Å². The fraction of sp³-hybridized carbons (Fsp3) is 0.250. The summed E-state index contributed by atoms with van der Waals surface area (Å²) >= 11 is 0. The molecule has 2 aromatic heterocycles. The summed E-state index contributed by atoms with van der Waals surface area (Å²) in [6, 6.07) is 18.0. The molecule has 0 saturated carbocycles. The molecule has 0 saturated heterocycles. The van der Waals surface area contributed by atoms with Crippen LogP contribution in [0.4, 0.5) is 5.82 Å². The van der Waals surface area contributed by atoms with Crippen LogP contribution in [0, 0.1) is 0 Å². The van der Waals surface area contributed by atoms with Crippen molar-refractivity contribution >= 4 is 22.7 Å². The summed E-state index contributed by atoms with van der Waals surface area (Å²) in [5.74, 6) is 1.66. The quantitative estimate of drug-likeness (QED) is 0.348. The number of aliphatic imine (C=N–C) groups is 1. The maximum atomic E-state index is 4.61. The largest absolute Gasteiger partial charge is 0.368 e. The van der Waals surface area contributed by atoms with E-state index in [4.69, 9.17) is 0 Å². The Morgan fingerprint density at radius 3 is 2.69 bits per heavy atom. The molecule has 6 nitrogen and oxygen atoms in total. The predicted molar refractivity (Wildman–Crippen MR) is 107 cm³/mol. The topological polar surface area (TPSA) is 74.2 Å². The molecule has 0 aliphatic rings. The third-order valence-corrected chi connectivity index (χ3v) is 3.79. The van der Waals surface area contributed by atoms with E-state index in [0.29, 0.717) is 6.54 Å². The van der Waals surface area contributed by atoms with Gasteiger partial charge in [0.2, 0.25) is 0 Å². The molecule has 0 unspecified atom stereocenters. The number of anilines is 1. The normalized spacial score (nSPS) is 11.3. The van der Waals surface area contributed by atoms with Crippen LogP contribution in [-0.2, 0) is 6.54 Å². The van der Waals surface area contributed by atoms with Gasteiger partial charge in [0, 0.05) is 31.2 Å². The lowest BCUT2D eigenvalue weighted by molar-refractivity contribution is 0.814. The van der Waals surface area contributed by atoms with Crippen LogP contribution in [0.25, 0.3) is 10.9 Å². The van der Waals surface area contributed by atoms with E-state index >= 15 is 0 Å². The molecule has 26 heavy (non-hydrogen) atoms. The molecule has 0 bridgehead atoms. The molecular formula is C20H24N6. The van der Waals surface area contributed by atoms with Crippen molar-refractivity contribution in [2.24, 2.45) is 4.99 Å². The van der Waals surface area contributed by atoms with E-state index in [0.717, 1.165) is 48.0 Å². The first kappa shape index (κ1) is 17.7. The van der Waals surface area contributed by atoms with Crippen molar-refractivity contribution in [1.82, 2.24) is 20.6 Å². The Labute approximate surface area is 153 Å². The highest BCUT2D eigenvalue weighted by molar-refractivity contribution is 5.80. The molecule has 3 rings (SSSR count). The number of hydrogen-bond acceptors (Lipinski definition) is 4.